The first kappa shape index (κ1) is 25.9. The zero-order chi connectivity index (χ0) is 26.2. The van der Waals surface area contributed by atoms with Crippen molar-refractivity contribution in [2.24, 2.45) is 5.92 Å². The fourth-order valence-electron chi connectivity index (χ4n) is 4.86. The van der Waals surface area contributed by atoms with Crippen molar-refractivity contribution >= 4 is 23.5 Å². The van der Waals surface area contributed by atoms with Crippen LogP contribution in [0.1, 0.15) is 35.2 Å². The summed E-state index contributed by atoms with van der Waals surface area (Å²) in [6.45, 7) is 0.894. The molecule has 0 aromatic heterocycles. The maximum Gasteiger partial charge on any atom is 0.306 e. The Bertz CT molecular complexity index is 1230. The summed E-state index contributed by atoms with van der Waals surface area (Å²) in [4.78, 5) is 39.7. The normalized spacial score (nSPS) is 17.0. The van der Waals surface area contributed by atoms with Gasteiger partial charge in [-0.1, -0.05) is 54.6 Å². The highest BCUT2D eigenvalue weighted by Gasteiger charge is 2.40. The lowest BCUT2D eigenvalue weighted by atomic mass is 10.0. The molecule has 0 bridgehead atoms. The Balaban J connectivity index is 1.38. The van der Waals surface area contributed by atoms with Gasteiger partial charge in [0.2, 0.25) is 5.91 Å². The summed E-state index contributed by atoms with van der Waals surface area (Å²) in [5.74, 6) is -1.08. The molecule has 4 rings (SSSR count). The van der Waals surface area contributed by atoms with Gasteiger partial charge in [0.1, 0.15) is 0 Å². The molecular weight excluding hydrogens is 466 g/mol. The van der Waals surface area contributed by atoms with Gasteiger partial charge in [-0.05, 0) is 60.2 Å². The molecule has 0 radical (unpaired) electrons. The molecule has 7 nitrogen and oxygen atoms in total. The minimum absolute atomic E-state index is 0.0517. The number of hydrogen-bond acceptors (Lipinski definition) is 5. The lowest BCUT2D eigenvalue weighted by Crippen LogP contribution is -2.42. The molecular formula is C30H33N3O4. The number of rotatable bonds is 10. The van der Waals surface area contributed by atoms with Gasteiger partial charge in [0.05, 0.1) is 19.4 Å². The molecule has 37 heavy (non-hydrogen) atoms. The van der Waals surface area contributed by atoms with Crippen LogP contribution in [0.2, 0.25) is 0 Å². The van der Waals surface area contributed by atoms with E-state index in [2.05, 4.69) is 17.4 Å². The number of carbonyl (C=O) groups excluding carboxylic acids is 3. The largest absolute Gasteiger partial charge is 0.469 e. The number of amides is 2. The topological polar surface area (TPSA) is 102 Å². The van der Waals surface area contributed by atoms with Crippen LogP contribution in [0, 0.1) is 5.92 Å². The fraction of sp³-hybridized carbons (Fsp3) is 0.300. The van der Waals surface area contributed by atoms with Crippen LogP contribution in [-0.4, -0.2) is 48.9 Å². The van der Waals surface area contributed by atoms with Crippen LogP contribution < -0.4 is 11.1 Å². The number of nitrogens with two attached hydrogens (primary N) is 1. The Hall–Kier alpha value is -4.13. The van der Waals surface area contributed by atoms with Gasteiger partial charge < -0.3 is 20.7 Å². The Morgan fingerprint density at radius 3 is 2.46 bits per heavy atom. The predicted molar refractivity (Wildman–Crippen MR) is 144 cm³/mol. The summed E-state index contributed by atoms with van der Waals surface area (Å²) in [5, 5.41) is 2.99. The second-order valence-electron chi connectivity index (χ2n) is 9.40. The van der Waals surface area contributed by atoms with E-state index in [0.717, 1.165) is 24.0 Å². The lowest BCUT2D eigenvalue weighted by Gasteiger charge is -2.25. The number of esters is 1. The molecule has 2 atom stereocenters. The molecule has 0 saturated carbocycles. The monoisotopic (exact) mass is 499 g/mol. The SMILES string of the molecule is COC(=O)C[C@@H]1C[C@@H](CNC(=O)c2ccc(-c3cccc(N)c3)cc2)N(CCCc2ccccc2)C1=O. The molecule has 7 heteroatoms. The van der Waals surface area contributed by atoms with E-state index >= 15 is 0 Å². The van der Waals surface area contributed by atoms with Crippen molar-refractivity contribution in [2.45, 2.75) is 31.7 Å². The van der Waals surface area contributed by atoms with Crippen molar-refractivity contribution in [1.82, 2.24) is 10.2 Å². The summed E-state index contributed by atoms with van der Waals surface area (Å²) < 4.78 is 4.79. The molecule has 2 amide bonds. The van der Waals surface area contributed by atoms with Gasteiger partial charge in [0, 0.05) is 30.4 Å². The molecule has 3 aromatic carbocycles. The average molecular weight is 500 g/mol. The van der Waals surface area contributed by atoms with Crippen molar-refractivity contribution in [2.75, 3.05) is 25.9 Å². The number of anilines is 1. The third-order valence-corrected chi connectivity index (χ3v) is 6.84. The van der Waals surface area contributed by atoms with Crippen molar-refractivity contribution in [3.63, 3.8) is 0 Å². The van der Waals surface area contributed by atoms with Gasteiger partial charge in [0.25, 0.3) is 5.91 Å². The quantitative estimate of drug-likeness (QED) is 0.323. The van der Waals surface area contributed by atoms with E-state index < -0.39 is 11.9 Å². The first-order valence-corrected chi connectivity index (χ1v) is 12.6. The number of ether oxygens (including phenoxy) is 1. The Morgan fingerprint density at radius 1 is 1.00 bits per heavy atom. The minimum Gasteiger partial charge on any atom is -0.469 e. The summed E-state index contributed by atoms with van der Waals surface area (Å²) in [5.41, 5.74) is 10.3. The summed E-state index contributed by atoms with van der Waals surface area (Å²) in [7, 11) is 1.33. The smallest absolute Gasteiger partial charge is 0.306 e. The van der Waals surface area contributed by atoms with Gasteiger partial charge in [-0.3, -0.25) is 14.4 Å². The fourth-order valence-corrected chi connectivity index (χ4v) is 4.86. The van der Waals surface area contributed by atoms with Crippen LogP contribution in [-0.2, 0) is 20.7 Å². The predicted octanol–water partition coefficient (Wildman–Crippen LogP) is 4.08. The number of aryl methyl sites for hydroxylation is 1. The minimum atomic E-state index is -0.427. The van der Waals surface area contributed by atoms with Crippen LogP contribution in [0.4, 0.5) is 5.69 Å². The van der Waals surface area contributed by atoms with E-state index in [4.69, 9.17) is 10.5 Å². The van der Waals surface area contributed by atoms with E-state index in [1.54, 1.807) is 12.1 Å². The molecule has 3 N–H and O–H groups in total. The zero-order valence-electron chi connectivity index (χ0n) is 21.1. The van der Waals surface area contributed by atoms with Crippen LogP contribution in [0.5, 0.6) is 0 Å². The molecule has 0 spiro atoms. The second kappa shape index (κ2) is 12.2. The van der Waals surface area contributed by atoms with Crippen molar-refractivity contribution in [3.05, 3.63) is 90.0 Å². The number of nitrogens with zero attached hydrogens (tertiary/aromatic N) is 1. The van der Waals surface area contributed by atoms with E-state index in [9.17, 15) is 14.4 Å². The number of likely N-dealkylation sites (tertiary alicyclic amines) is 1. The van der Waals surface area contributed by atoms with Gasteiger partial charge in [-0.15, -0.1) is 0 Å². The van der Waals surface area contributed by atoms with Gasteiger partial charge in [-0.2, -0.15) is 0 Å². The van der Waals surface area contributed by atoms with Crippen molar-refractivity contribution in [1.29, 1.82) is 0 Å². The van der Waals surface area contributed by atoms with Gasteiger partial charge >= 0.3 is 5.97 Å². The third-order valence-electron chi connectivity index (χ3n) is 6.84. The van der Waals surface area contributed by atoms with E-state index in [-0.39, 0.29) is 24.3 Å². The van der Waals surface area contributed by atoms with Crippen LogP contribution in [0.3, 0.4) is 0 Å². The van der Waals surface area contributed by atoms with Crippen LogP contribution in [0.25, 0.3) is 11.1 Å². The molecule has 0 unspecified atom stereocenters. The Morgan fingerprint density at radius 2 is 1.76 bits per heavy atom. The third kappa shape index (κ3) is 6.76. The first-order chi connectivity index (χ1) is 17.9. The zero-order valence-corrected chi connectivity index (χ0v) is 21.1. The van der Waals surface area contributed by atoms with E-state index in [1.165, 1.54) is 12.7 Å². The molecule has 1 aliphatic heterocycles. The lowest BCUT2D eigenvalue weighted by molar-refractivity contribution is -0.144. The summed E-state index contributed by atoms with van der Waals surface area (Å²) in [6, 6.07) is 24.9. The number of benzene rings is 3. The number of nitrogen functional groups attached to an aromatic ring is 1. The molecule has 1 heterocycles. The average Bonchev–Trinajstić information content (AvgIpc) is 3.21. The Labute approximate surface area is 217 Å². The number of nitrogens with one attached hydrogen (secondary N) is 1. The van der Waals surface area contributed by atoms with Crippen molar-refractivity contribution < 1.29 is 19.1 Å². The highest BCUT2D eigenvalue weighted by Crippen LogP contribution is 2.28. The summed E-state index contributed by atoms with van der Waals surface area (Å²) in [6.07, 6.45) is 2.22. The van der Waals surface area contributed by atoms with Gasteiger partial charge in [0.15, 0.2) is 0 Å². The molecule has 1 aliphatic rings. The molecule has 192 valence electrons. The van der Waals surface area contributed by atoms with E-state index in [0.29, 0.717) is 30.8 Å². The Kier molecular flexibility index (Phi) is 8.56. The number of carbonyl (C=O) groups is 3. The maximum absolute atomic E-state index is 13.1. The number of hydrogen-bond donors (Lipinski definition) is 2. The summed E-state index contributed by atoms with van der Waals surface area (Å²) >= 11 is 0. The number of methoxy groups -OCH3 is 1. The first-order valence-electron chi connectivity index (χ1n) is 12.6. The molecule has 1 fully saturated rings. The molecule has 0 aliphatic carbocycles. The van der Waals surface area contributed by atoms with Crippen molar-refractivity contribution in [3.8, 4) is 11.1 Å². The van der Waals surface area contributed by atoms with Crippen LogP contribution in [0.15, 0.2) is 78.9 Å². The molecule has 1 saturated heterocycles. The highest BCUT2D eigenvalue weighted by atomic mass is 16.5. The second-order valence-corrected chi connectivity index (χ2v) is 9.40. The molecule has 3 aromatic rings. The van der Waals surface area contributed by atoms with Gasteiger partial charge in [-0.25, -0.2) is 0 Å². The van der Waals surface area contributed by atoms with Crippen LogP contribution >= 0.6 is 0 Å². The maximum atomic E-state index is 13.1. The standard InChI is InChI=1S/C30H33N3O4/c1-37-28(34)19-25-18-27(33(30(25)36)16-6-9-21-7-3-2-4-8-21)20-32-29(35)23-14-12-22(13-15-23)24-10-5-11-26(31)17-24/h2-5,7-8,10-15,17,25,27H,6,9,16,18-20,31H2,1H3,(H,32,35)/t25-,27-/m0/s1. The highest BCUT2D eigenvalue weighted by molar-refractivity contribution is 5.95. The van der Waals surface area contributed by atoms with E-state index in [1.807, 2.05) is 59.5 Å².